The molecule has 1 aliphatic rings. The Morgan fingerprint density at radius 2 is 2.00 bits per heavy atom. The first kappa shape index (κ1) is 24.7. The fourth-order valence-corrected chi connectivity index (χ4v) is 4.87. The minimum Gasteiger partial charge on any atom is -0.339 e. The lowest BCUT2D eigenvalue weighted by Gasteiger charge is -2.30. The quantitative estimate of drug-likeness (QED) is 0.287. The molecule has 3 aromatic heterocycles. The van der Waals surface area contributed by atoms with Crippen LogP contribution in [0.5, 0.6) is 0 Å². The van der Waals surface area contributed by atoms with Crippen molar-refractivity contribution in [3.63, 3.8) is 0 Å². The van der Waals surface area contributed by atoms with E-state index in [1.54, 1.807) is 30.7 Å². The van der Waals surface area contributed by atoms with E-state index in [2.05, 4.69) is 35.6 Å². The van der Waals surface area contributed by atoms with Gasteiger partial charge in [0, 0.05) is 29.6 Å². The molecule has 192 valence electrons. The number of fused-ring (bicyclic) bond motifs is 1. The lowest BCUT2D eigenvalue weighted by molar-refractivity contribution is -0.186. The predicted octanol–water partition coefficient (Wildman–Crippen LogP) is 6.16. The Morgan fingerprint density at radius 1 is 1.14 bits per heavy atom. The summed E-state index contributed by atoms with van der Waals surface area (Å²) in [7, 11) is 0. The molecule has 0 spiro atoms. The predicted molar refractivity (Wildman–Crippen MR) is 134 cm³/mol. The molecule has 5 rings (SSSR count). The van der Waals surface area contributed by atoms with E-state index >= 15 is 0 Å². The summed E-state index contributed by atoms with van der Waals surface area (Å²) in [5, 5.41) is 6.18. The van der Waals surface area contributed by atoms with Crippen molar-refractivity contribution in [1.82, 2.24) is 24.9 Å². The molecule has 11 heteroatoms. The molecule has 8 nitrogen and oxygen atoms in total. The second kappa shape index (κ2) is 10.2. The number of halogens is 3. The highest BCUT2D eigenvalue weighted by atomic mass is 19.4. The smallest absolute Gasteiger partial charge is 0.339 e. The number of aromatic nitrogens is 5. The molecular weight excluding hydrogens is 483 g/mol. The summed E-state index contributed by atoms with van der Waals surface area (Å²) >= 11 is 0. The highest BCUT2D eigenvalue weighted by Gasteiger charge is 2.42. The zero-order valence-electron chi connectivity index (χ0n) is 20.1. The van der Waals surface area contributed by atoms with Gasteiger partial charge in [-0.15, -0.1) is 0 Å². The van der Waals surface area contributed by atoms with E-state index < -0.39 is 12.1 Å². The number of amides is 1. The van der Waals surface area contributed by atoms with Gasteiger partial charge in [-0.3, -0.25) is 4.79 Å². The molecule has 0 unspecified atom stereocenters. The van der Waals surface area contributed by atoms with Gasteiger partial charge in [0.05, 0.1) is 12.2 Å². The molecule has 3 N–H and O–H groups in total. The summed E-state index contributed by atoms with van der Waals surface area (Å²) in [4.78, 5) is 33.1. The number of aryl methyl sites for hydroxylation is 1. The normalized spacial score (nSPS) is 18.1. The molecule has 1 saturated carbocycles. The number of imidazole rings is 1. The molecule has 1 aliphatic carbocycles. The maximum absolute atomic E-state index is 13.1. The van der Waals surface area contributed by atoms with E-state index in [1.165, 1.54) is 6.33 Å². The number of nitrogens with zero attached hydrogens (tertiary/aromatic N) is 4. The van der Waals surface area contributed by atoms with Crippen LogP contribution in [-0.4, -0.2) is 37.0 Å². The second-order valence-electron chi connectivity index (χ2n) is 9.40. The van der Waals surface area contributed by atoms with Crippen LogP contribution in [0.2, 0.25) is 0 Å². The summed E-state index contributed by atoms with van der Waals surface area (Å²) in [6.07, 6.45) is 1.81. The molecule has 4 aromatic rings. The summed E-state index contributed by atoms with van der Waals surface area (Å²) < 4.78 is 39.4. The summed E-state index contributed by atoms with van der Waals surface area (Å²) in [6.45, 7) is 1.92. The topological polar surface area (TPSA) is 108 Å². The Kier molecular flexibility index (Phi) is 6.77. The van der Waals surface area contributed by atoms with Crippen LogP contribution in [0.3, 0.4) is 0 Å². The molecule has 0 bridgehead atoms. The number of nitrogens with one attached hydrogen (secondary N) is 3. The number of H-pyrrole nitrogens is 1. The van der Waals surface area contributed by atoms with Crippen molar-refractivity contribution >= 4 is 34.3 Å². The van der Waals surface area contributed by atoms with E-state index in [0.717, 1.165) is 16.8 Å². The van der Waals surface area contributed by atoms with Crippen molar-refractivity contribution in [1.29, 1.82) is 0 Å². The number of rotatable bonds is 6. The van der Waals surface area contributed by atoms with E-state index in [-0.39, 0.29) is 31.1 Å². The van der Waals surface area contributed by atoms with Crippen molar-refractivity contribution in [3.8, 4) is 11.3 Å². The summed E-state index contributed by atoms with van der Waals surface area (Å²) in [6, 6.07) is 9.10. The third-order valence-electron chi connectivity index (χ3n) is 6.77. The number of pyridine rings is 1. The molecule has 1 fully saturated rings. The van der Waals surface area contributed by atoms with E-state index in [4.69, 9.17) is 0 Å². The Balaban J connectivity index is 1.32. The van der Waals surface area contributed by atoms with Crippen LogP contribution < -0.4 is 10.6 Å². The molecule has 0 aliphatic heterocycles. The van der Waals surface area contributed by atoms with Crippen LogP contribution in [0.25, 0.3) is 22.4 Å². The van der Waals surface area contributed by atoms with Crippen LogP contribution >= 0.6 is 0 Å². The Bertz CT molecular complexity index is 1420. The number of hydrogen-bond acceptors (Lipinski definition) is 6. The zero-order valence-corrected chi connectivity index (χ0v) is 20.1. The maximum Gasteiger partial charge on any atom is 0.391 e. The molecule has 0 saturated heterocycles. The van der Waals surface area contributed by atoms with E-state index in [9.17, 15) is 18.0 Å². The van der Waals surface area contributed by atoms with Crippen molar-refractivity contribution < 1.29 is 18.0 Å². The number of benzene rings is 1. The Labute approximate surface area is 211 Å². The average Bonchev–Trinajstić information content (AvgIpc) is 3.35. The van der Waals surface area contributed by atoms with Crippen LogP contribution in [0.1, 0.15) is 37.7 Å². The Hall–Kier alpha value is -4.02. The molecule has 1 aromatic carbocycles. The van der Waals surface area contributed by atoms with Gasteiger partial charge < -0.3 is 15.6 Å². The first-order valence-electron chi connectivity index (χ1n) is 12.1. The largest absolute Gasteiger partial charge is 0.391 e. The van der Waals surface area contributed by atoms with Crippen molar-refractivity contribution in [2.24, 2.45) is 11.8 Å². The first-order valence-corrected chi connectivity index (χ1v) is 12.1. The number of carbonyl (C=O) groups excluding carboxylic acids is 1. The third kappa shape index (κ3) is 5.55. The number of anilines is 3. The van der Waals surface area contributed by atoms with Gasteiger partial charge in [0.15, 0.2) is 5.65 Å². The molecule has 2 atom stereocenters. The Morgan fingerprint density at radius 3 is 2.84 bits per heavy atom. The van der Waals surface area contributed by atoms with Gasteiger partial charge in [-0.25, -0.2) is 19.9 Å². The highest BCUT2D eigenvalue weighted by Crippen LogP contribution is 2.41. The number of aromatic amines is 1. The number of carbonyl (C=O) groups is 1. The van der Waals surface area contributed by atoms with Crippen molar-refractivity contribution in [3.05, 3.63) is 54.7 Å². The fourth-order valence-electron chi connectivity index (χ4n) is 4.87. The van der Waals surface area contributed by atoms with Gasteiger partial charge >= 0.3 is 6.18 Å². The van der Waals surface area contributed by atoms with Gasteiger partial charge in [0.25, 0.3) is 0 Å². The second-order valence-corrected chi connectivity index (χ2v) is 9.40. The van der Waals surface area contributed by atoms with Gasteiger partial charge in [0.2, 0.25) is 5.91 Å². The van der Waals surface area contributed by atoms with Crippen molar-refractivity contribution in [2.45, 2.75) is 45.2 Å². The van der Waals surface area contributed by atoms with Crippen LogP contribution in [-0.2, 0) is 4.79 Å². The van der Waals surface area contributed by atoms with E-state index in [0.29, 0.717) is 41.2 Å². The fraction of sp³-hybridized carbons (Fsp3) is 0.346. The maximum atomic E-state index is 13.1. The third-order valence-corrected chi connectivity index (χ3v) is 6.77. The summed E-state index contributed by atoms with van der Waals surface area (Å²) in [5.74, 6) is -1.33. The standard InChI is InChI=1S/C26H26F3N7O/c1-15-7-8-18(35-21(37)11-16-4-2-5-17(10-16)26(27,28)29)12-20(15)36-24-19(6-3-9-30-24)22-23-25(33-13-31-22)34-14-32-23/h3,6-9,12-14,16-17H,2,4-5,10-11H2,1H3,(H,30,36)(H,35,37)(H,31,32,33,34)/t16-,17+/m0/s1. The van der Waals surface area contributed by atoms with Crippen molar-refractivity contribution in [2.75, 3.05) is 10.6 Å². The number of hydrogen-bond donors (Lipinski definition) is 3. The van der Waals surface area contributed by atoms with Gasteiger partial charge in [-0.2, -0.15) is 13.2 Å². The van der Waals surface area contributed by atoms with Gasteiger partial charge in [-0.1, -0.05) is 12.5 Å². The SMILES string of the molecule is Cc1ccc(NC(=O)C[C@H]2CCC[C@@H](C(F)(F)F)C2)cc1Nc1ncccc1-c1ncnc2[nH]cnc12. The molecule has 3 heterocycles. The minimum absolute atomic E-state index is 0.00634. The van der Waals surface area contributed by atoms with E-state index in [1.807, 2.05) is 19.1 Å². The highest BCUT2D eigenvalue weighted by molar-refractivity contribution is 5.93. The number of alkyl halides is 3. The molecular formula is C26H26F3N7O. The minimum atomic E-state index is -4.20. The van der Waals surface area contributed by atoms with Gasteiger partial charge in [0.1, 0.15) is 23.4 Å². The molecule has 1 amide bonds. The van der Waals surface area contributed by atoms with Gasteiger partial charge in [-0.05, 0) is 61.9 Å². The average molecular weight is 510 g/mol. The summed E-state index contributed by atoms with van der Waals surface area (Å²) in [5.41, 5.74) is 4.77. The molecule has 37 heavy (non-hydrogen) atoms. The van der Waals surface area contributed by atoms with Crippen LogP contribution in [0.15, 0.2) is 49.2 Å². The zero-order chi connectivity index (χ0) is 26.0. The molecule has 0 radical (unpaired) electrons. The monoisotopic (exact) mass is 509 g/mol. The lowest BCUT2D eigenvalue weighted by atomic mass is 9.79. The van der Waals surface area contributed by atoms with Crippen LogP contribution in [0, 0.1) is 18.8 Å². The lowest BCUT2D eigenvalue weighted by Crippen LogP contribution is -2.30. The first-order chi connectivity index (χ1) is 17.8. The van der Waals surface area contributed by atoms with Crippen LogP contribution in [0.4, 0.5) is 30.4 Å².